The Kier molecular flexibility index (Phi) is 6.65. The fraction of sp³-hybridized carbons (Fsp3) is 0.304. The smallest absolute Gasteiger partial charge is 0.233 e. The summed E-state index contributed by atoms with van der Waals surface area (Å²) in [5, 5.41) is 18.6. The minimum atomic E-state index is -0.277. The molecule has 0 bridgehead atoms. The van der Waals surface area contributed by atoms with Crippen LogP contribution in [0.25, 0.3) is 5.69 Å². The summed E-state index contributed by atoms with van der Waals surface area (Å²) in [6.07, 6.45) is 1.68. The molecule has 0 spiro atoms. The summed E-state index contributed by atoms with van der Waals surface area (Å²) in [6.45, 7) is 4.65. The van der Waals surface area contributed by atoms with Gasteiger partial charge in [-0.15, -0.1) is 10.2 Å². The van der Waals surface area contributed by atoms with Gasteiger partial charge in [-0.3, -0.25) is 14.3 Å². The highest BCUT2D eigenvalue weighted by molar-refractivity contribution is 7.99. The zero-order valence-electron chi connectivity index (χ0n) is 17.4. The van der Waals surface area contributed by atoms with Crippen molar-refractivity contribution >= 4 is 17.7 Å². The van der Waals surface area contributed by atoms with Gasteiger partial charge in [0, 0.05) is 26.2 Å². The van der Waals surface area contributed by atoms with Crippen molar-refractivity contribution in [3.63, 3.8) is 0 Å². The van der Waals surface area contributed by atoms with Crippen LogP contribution in [0.15, 0.2) is 66.1 Å². The van der Waals surface area contributed by atoms with Gasteiger partial charge in [0.25, 0.3) is 0 Å². The molecule has 0 saturated carbocycles. The van der Waals surface area contributed by atoms with E-state index in [0.717, 1.165) is 16.8 Å². The summed E-state index contributed by atoms with van der Waals surface area (Å²) in [7, 11) is 0. The van der Waals surface area contributed by atoms with E-state index < -0.39 is 0 Å². The van der Waals surface area contributed by atoms with Crippen LogP contribution in [-0.4, -0.2) is 62.4 Å². The van der Waals surface area contributed by atoms with Gasteiger partial charge in [0.2, 0.25) is 5.91 Å². The predicted molar refractivity (Wildman–Crippen MR) is 120 cm³/mol. The number of thioether (sulfide) groups is 1. The van der Waals surface area contributed by atoms with Crippen LogP contribution in [-0.2, 0) is 4.79 Å². The summed E-state index contributed by atoms with van der Waals surface area (Å²) in [5.74, 6) is 0.391. The highest BCUT2D eigenvalue weighted by atomic mass is 32.2. The van der Waals surface area contributed by atoms with Crippen LogP contribution >= 0.6 is 11.8 Å². The zero-order chi connectivity index (χ0) is 21.6. The number of carbonyl (C=O) groups is 1. The van der Waals surface area contributed by atoms with Crippen LogP contribution in [0.4, 0.5) is 0 Å². The lowest BCUT2D eigenvalue weighted by Crippen LogP contribution is -2.50. The molecule has 2 heterocycles. The van der Waals surface area contributed by atoms with Gasteiger partial charge in [-0.05, 0) is 24.1 Å². The van der Waals surface area contributed by atoms with Gasteiger partial charge < -0.3 is 4.90 Å². The molecule has 1 atom stereocenters. The number of hydrogen-bond donors (Lipinski definition) is 0. The summed E-state index contributed by atoms with van der Waals surface area (Å²) >= 11 is 1.40. The maximum absolute atomic E-state index is 12.8. The van der Waals surface area contributed by atoms with E-state index in [2.05, 4.69) is 21.2 Å². The first-order chi connectivity index (χ1) is 15.2. The van der Waals surface area contributed by atoms with E-state index in [4.69, 9.17) is 0 Å². The van der Waals surface area contributed by atoms with E-state index in [1.807, 2.05) is 71.0 Å². The molecule has 158 valence electrons. The minimum Gasteiger partial charge on any atom is -0.339 e. The first-order valence-electron chi connectivity index (χ1n) is 10.2. The van der Waals surface area contributed by atoms with Crippen LogP contribution in [0.2, 0.25) is 0 Å². The molecule has 0 N–H and O–H groups in total. The topological polar surface area (TPSA) is 78.1 Å². The van der Waals surface area contributed by atoms with Crippen LogP contribution in [0, 0.1) is 18.3 Å². The Hall–Kier alpha value is -3.15. The van der Waals surface area contributed by atoms with Crippen molar-refractivity contribution in [3.8, 4) is 11.8 Å². The average molecular weight is 433 g/mol. The fourth-order valence-electron chi connectivity index (χ4n) is 3.77. The molecular weight excluding hydrogens is 408 g/mol. The molecule has 0 unspecified atom stereocenters. The van der Waals surface area contributed by atoms with Crippen LogP contribution in [0.3, 0.4) is 0 Å². The number of rotatable bonds is 6. The molecule has 8 heteroatoms. The third kappa shape index (κ3) is 4.79. The molecule has 7 nitrogen and oxygen atoms in total. The Morgan fingerprint density at radius 2 is 1.81 bits per heavy atom. The lowest BCUT2D eigenvalue weighted by Gasteiger charge is -2.37. The Morgan fingerprint density at radius 3 is 2.52 bits per heavy atom. The van der Waals surface area contributed by atoms with E-state index in [-0.39, 0.29) is 11.9 Å². The fourth-order valence-corrected chi connectivity index (χ4v) is 4.60. The Morgan fingerprint density at radius 1 is 1.10 bits per heavy atom. The standard InChI is InChI=1S/C23H24N6OS/c1-18-7-5-6-10-20(18)29-17-25-26-23(29)31-16-22(30)28-13-11-27(12-14-28)21(15-24)19-8-3-2-4-9-19/h2-10,17,21H,11-14,16H2,1H3/t21-/m0/s1. The molecule has 2 aromatic carbocycles. The van der Waals surface area contributed by atoms with Crippen molar-refractivity contribution in [1.82, 2.24) is 24.6 Å². The third-order valence-electron chi connectivity index (χ3n) is 5.49. The van der Waals surface area contributed by atoms with Gasteiger partial charge in [-0.2, -0.15) is 5.26 Å². The Bertz CT molecular complexity index is 1070. The van der Waals surface area contributed by atoms with Gasteiger partial charge in [0.15, 0.2) is 5.16 Å². The first-order valence-corrected chi connectivity index (χ1v) is 11.2. The second kappa shape index (κ2) is 9.77. The number of carbonyl (C=O) groups excluding carboxylic acids is 1. The predicted octanol–water partition coefficient (Wildman–Crippen LogP) is 3.08. The Balaban J connectivity index is 1.33. The van der Waals surface area contributed by atoms with Crippen molar-refractivity contribution in [2.75, 3.05) is 31.9 Å². The number of aromatic nitrogens is 3. The van der Waals surface area contributed by atoms with E-state index in [1.165, 1.54) is 11.8 Å². The maximum Gasteiger partial charge on any atom is 0.233 e. The molecule has 0 radical (unpaired) electrons. The molecule has 1 aliphatic heterocycles. The van der Waals surface area contributed by atoms with Gasteiger partial charge in [0.1, 0.15) is 12.4 Å². The molecule has 1 amide bonds. The minimum absolute atomic E-state index is 0.0807. The van der Waals surface area contributed by atoms with Crippen LogP contribution in [0.1, 0.15) is 17.2 Å². The van der Waals surface area contributed by atoms with E-state index in [1.54, 1.807) is 6.33 Å². The molecule has 1 saturated heterocycles. The van der Waals surface area contributed by atoms with Crippen molar-refractivity contribution in [2.45, 2.75) is 18.1 Å². The molecule has 3 aromatic rings. The highest BCUT2D eigenvalue weighted by Gasteiger charge is 2.27. The van der Waals surface area contributed by atoms with Gasteiger partial charge >= 0.3 is 0 Å². The number of hydrogen-bond acceptors (Lipinski definition) is 6. The van der Waals surface area contributed by atoms with E-state index in [0.29, 0.717) is 37.1 Å². The zero-order valence-corrected chi connectivity index (χ0v) is 18.2. The van der Waals surface area contributed by atoms with Gasteiger partial charge in [-0.1, -0.05) is 60.3 Å². The lowest BCUT2D eigenvalue weighted by molar-refractivity contribution is -0.130. The second-order valence-electron chi connectivity index (χ2n) is 7.42. The first kappa shape index (κ1) is 21.1. The van der Waals surface area contributed by atoms with Crippen molar-refractivity contribution in [2.24, 2.45) is 0 Å². The maximum atomic E-state index is 12.8. The quantitative estimate of drug-likeness (QED) is 0.557. The summed E-state index contributed by atoms with van der Waals surface area (Å²) < 4.78 is 1.92. The lowest BCUT2D eigenvalue weighted by atomic mass is 10.1. The number of piperazine rings is 1. The number of nitriles is 1. The molecule has 1 aliphatic rings. The normalized spacial score (nSPS) is 15.4. The number of amides is 1. The second-order valence-corrected chi connectivity index (χ2v) is 8.36. The molecule has 31 heavy (non-hydrogen) atoms. The molecule has 1 fully saturated rings. The summed E-state index contributed by atoms with van der Waals surface area (Å²) in [5.41, 5.74) is 3.13. The van der Waals surface area contributed by atoms with Crippen molar-refractivity contribution < 1.29 is 4.79 Å². The van der Waals surface area contributed by atoms with Gasteiger partial charge in [-0.25, -0.2) is 0 Å². The monoisotopic (exact) mass is 432 g/mol. The van der Waals surface area contributed by atoms with Crippen LogP contribution < -0.4 is 0 Å². The average Bonchev–Trinajstić information content (AvgIpc) is 3.28. The van der Waals surface area contributed by atoms with Crippen molar-refractivity contribution in [3.05, 3.63) is 72.1 Å². The molecule has 1 aromatic heterocycles. The highest BCUT2D eigenvalue weighted by Crippen LogP contribution is 2.24. The summed E-state index contributed by atoms with van der Waals surface area (Å²) in [6, 6.07) is 20.0. The summed E-state index contributed by atoms with van der Waals surface area (Å²) in [4.78, 5) is 16.8. The van der Waals surface area contributed by atoms with E-state index >= 15 is 0 Å². The molecule has 0 aliphatic carbocycles. The number of benzene rings is 2. The van der Waals surface area contributed by atoms with E-state index in [9.17, 15) is 10.1 Å². The Labute approximate surface area is 186 Å². The third-order valence-corrected chi connectivity index (χ3v) is 6.41. The number of aryl methyl sites for hydroxylation is 1. The number of nitrogens with zero attached hydrogens (tertiary/aromatic N) is 6. The molecular formula is C23H24N6OS. The SMILES string of the molecule is Cc1ccccc1-n1cnnc1SCC(=O)N1CCN([C@@H](C#N)c2ccccc2)CC1. The van der Waals surface area contributed by atoms with Gasteiger partial charge in [0.05, 0.1) is 17.5 Å². The van der Waals surface area contributed by atoms with Crippen LogP contribution in [0.5, 0.6) is 0 Å². The number of para-hydroxylation sites is 1. The van der Waals surface area contributed by atoms with Crippen molar-refractivity contribution in [1.29, 1.82) is 5.26 Å². The molecule has 4 rings (SSSR count). The largest absolute Gasteiger partial charge is 0.339 e.